The van der Waals surface area contributed by atoms with Crippen molar-refractivity contribution in [3.05, 3.63) is 54.9 Å². The first-order chi connectivity index (χ1) is 9.08. The Balaban J connectivity index is 2.04. The van der Waals surface area contributed by atoms with Crippen molar-refractivity contribution in [1.29, 1.82) is 0 Å². The van der Waals surface area contributed by atoms with E-state index in [1.54, 1.807) is 29.7 Å². The van der Waals surface area contributed by atoms with E-state index < -0.39 is 4.92 Å². The van der Waals surface area contributed by atoms with Gasteiger partial charge in [0.15, 0.2) is 0 Å². The minimum atomic E-state index is -0.391. The van der Waals surface area contributed by atoms with E-state index in [0.717, 1.165) is 10.6 Å². The third-order valence-electron chi connectivity index (χ3n) is 2.64. The summed E-state index contributed by atoms with van der Waals surface area (Å²) in [6.45, 7) is 2.58. The third kappa shape index (κ3) is 3.59. The number of nitro groups is 1. The highest BCUT2D eigenvalue weighted by Crippen LogP contribution is 2.26. The first kappa shape index (κ1) is 14.1. The first-order valence-corrected chi connectivity index (χ1v) is 7.31. The van der Waals surface area contributed by atoms with Gasteiger partial charge in [0.1, 0.15) is 5.01 Å². The highest BCUT2D eigenvalue weighted by Gasteiger charge is 2.13. The summed E-state index contributed by atoms with van der Waals surface area (Å²) in [4.78, 5) is 14.7. The maximum absolute atomic E-state index is 10.8. The lowest BCUT2D eigenvalue weighted by molar-refractivity contribution is -0.385. The van der Waals surface area contributed by atoms with Crippen LogP contribution in [-0.4, -0.2) is 9.91 Å². The van der Waals surface area contributed by atoms with E-state index in [9.17, 15) is 10.1 Å². The molecule has 0 saturated heterocycles. The van der Waals surface area contributed by atoms with Crippen LogP contribution in [0.5, 0.6) is 0 Å². The normalized spacial score (nSPS) is 12.3. The molecule has 0 aliphatic heterocycles. The van der Waals surface area contributed by atoms with Gasteiger partial charge in [-0.15, -0.1) is 11.3 Å². The molecular weight excluding hydrogens is 330 g/mol. The summed E-state index contributed by atoms with van der Waals surface area (Å²) in [5, 5.41) is 17.1. The maximum Gasteiger partial charge on any atom is 0.283 e. The van der Waals surface area contributed by atoms with E-state index in [1.165, 1.54) is 0 Å². The van der Waals surface area contributed by atoms with Gasteiger partial charge in [-0.3, -0.25) is 10.1 Å². The Morgan fingerprint density at radius 3 is 3.00 bits per heavy atom. The van der Waals surface area contributed by atoms with Crippen LogP contribution in [-0.2, 0) is 6.54 Å². The molecule has 19 heavy (non-hydrogen) atoms. The average molecular weight is 342 g/mol. The molecule has 0 saturated carbocycles. The molecule has 1 aromatic carbocycles. The fraction of sp³-hybridized carbons (Fsp3) is 0.250. The second-order valence-corrected chi connectivity index (χ2v) is 5.80. The molecule has 1 N–H and O–H groups in total. The first-order valence-electron chi connectivity index (χ1n) is 5.63. The van der Waals surface area contributed by atoms with E-state index in [4.69, 9.17) is 0 Å². The SMILES string of the molecule is CC(NCc1ccc(Br)c([N+](=O)[O-])c1)c1nccs1. The van der Waals surface area contributed by atoms with Gasteiger partial charge in [0, 0.05) is 24.2 Å². The number of hydrogen-bond donors (Lipinski definition) is 1. The van der Waals surface area contributed by atoms with Gasteiger partial charge in [0.25, 0.3) is 5.69 Å². The zero-order chi connectivity index (χ0) is 13.8. The molecule has 0 spiro atoms. The number of thiazole rings is 1. The Kier molecular flexibility index (Phi) is 4.62. The number of rotatable bonds is 5. The highest BCUT2D eigenvalue weighted by atomic mass is 79.9. The topological polar surface area (TPSA) is 68.1 Å². The van der Waals surface area contributed by atoms with Crippen LogP contribution in [0.1, 0.15) is 23.5 Å². The van der Waals surface area contributed by atoms with Crippen LogP contribution in [0.2, 0.25) is 0 Å². The van der Waals surface area contributed by atoms with Crippen LogP contribution < -0.4 is 5.32 Å². The van der Waals surface area contributed by atoms with Crippen molar-refractivity contribution in [3.63, 3.8) is 0 Å². The molecule has 0 aliphatic rings. The molecule has 2 aromatic rings. The van der Waals surface area contributed by atoms with Crippen molar-refractivity contribution < 1.29 is 4.92 Å². The monoisotopic (exact) mass is 341 g/mol. The summed E-state index contributed by atoms with van der Waals surface area (Å²) in [6.07, 6.45) is 1.77. The number of benzene rings is 1. The van der Waals surface area contributed by atoms with Crippen molar-refractivity contribution in [3.8, 4) is 0 Å². The molecule has 7 heteroatoms. The average Bonchev–Trinajstić information content (AvgIpc) is 2.91. The number of nitrogens with one attached hydrogen (secondary N) is 1. The summed E-state index contributed by atoms with van der Waals surface area (Å²) < 4.78 is 0.495. The molecule has 1 heterocycles. The molecule has 0 amide bonds. The summed E-state index contributed by atoms with van der Waals surface area (Å²) in [5.41, 5.74) is 0.958. The highest BCUT2D eigenvalue weighted by molar-refractivity contribution is 9.10. The minimum absolute atomic E-state index is 0.0844. The predicted octanol–water partition coefficient (Wildman–Crippen LogP) is 3.66. The Morgan fingerprint density at radius 2 is 2.37 bits per heavy atom. The van der Waals surface area contributed by atoms with Gasteiger partial charge < -0.3 is 5.32 Å². The maximum atomic E-state index is 10.8. The zero-order valence-corrected chi connectivity index (χ0v) is 12.6. The molecule has 1 unspecified atom stereocenters. The van der Waals surface area contributed by atoms with Crippen molar-refractivity contribution in [1.82, 2.24) is 10.3 Å². The van der Waals surface area contributed by atoms with Gasteiger partial charge in [0.05, 0.1) is 15.4 Å². The molecule has 0 radical (unpaired) electrons. The molecule has 1 aromatic heterocycles. The zero-order valence-electron chi connectivity index (χ0n) is 10.2. The summed E-state index contributed by atoms with van der Waals surface area (Å²) in [5.74, 6) is 0. The predicted molar refractivity (Wildman–Crippen MR) is 78.2 cm³/mol. The lowest BCUT2D eigenvalue weighted by Gasteiger charge is -2.11. The molecule has 1 atom stereocenters. The van der Waals surface area contributed by atoms with Gasteiger partial charge in [-0.1, -0.05) is 6.07 Å². The van der Waals surface area contributed by atoms with Crippen LogP contribution in [0.15, 0.2) is 34.2 Å². The van der Waals surface area contributed by atoms with Gasteiger partial charge in [-0.2, -0.15) is 0 Å². The van der Waals surface area contributed by atoms with Crippen molar-refractivity contribution in [2.24, 2.45) is 0 Å². The molecular formula is C12H12BrN3O2S. The lowest BCUT2D eigenvalue weighted by Crippen LogP contribution is -2.17. The second-order valence-electron chi connectivity index (χ2n) is 4.02. The van der Waals surface area contributed by atoms with Gasteiger partial charge in [-0.05, 0) is 34.5 Å². The van der Waals surface area contributed by atoms with Crippen molar-refractivity contribution in [2.45, 2.75) is 19.5 Å². The molecule has 0 aliphatic carbocycles. The quantitative estimate of drug-likeness (QED) is 0.665. The van der Waals surface area contributed by atoms with Crippen molar-refractivity contribution >= 4 is 33.0 Å². The van der Waals surface area contributed by atoms with E-state index in [1.807, 2.05) is 18.4 Å². The van der Waals surface area contributed by atoms with Crippen LogP contribution in [0.4, 0.5) is 5.69 Å². The summed E-state index contributed by atoms with van der Waals surface area (Å²) in [7, 11) is 0. The van der Waals surface area contributed by atoms with E-state index in [-0.39, 0.29) is 11.7 Å². The summed E-state index contributed by atoms with van der Waals surface area (Å²) in [6, 6.07) is 5.26. The van der Waals surface area contributed by atoms with Gasteiger partial charge in [-0.25, -0.2) is 4.98 Å². The minimum Gasteiger partial charge on any atom is -0.304 e. The van der Waals surface area contributed by atoms with Crippen LogP contribution in [0, 0.1) is 10.1 Å². The number of hydrogen-bond acceptors (Lipinski definition) is 5. The summed E-state index contributed by atoms with van der Waals surface area (Å²) >= 11 is 4.76. The Bertz CT molecular complexity index is 574. The Hall–Kier alpha value is -1.31. The van der Waals surface area contributed by atoms with Gasteiger partial charge >= 0.3 is 0 Å². The van der Waals surface area contributed by atoms with Crippen molar-refractivity contribution in [2.75, 3.05) is 0 Å². The van der Waals surface area contributed by atoms with Crippen LogP contribution >= 0.6 is 27.3 Å². The number of aromatic nitrogens is 1. The molecule has 100 valence electrons. The number of nitro benzene ring substituents is 1. The Labute approximate surface area is 123 Å². The van der Waals surface area contributed by atoms with E-state index in [2.05, 4.69) is 26.2 Å². The van der Waals surface area contributed by atoms with Gasteiger partial charge in [0.2, 0.25) is 0 Å². The fourth-order valence-electron chi connectivity index (χ4n) is 1.61. The third-order valence-corrected chi connectivity index (χ3v) is 4.27. The lowest BCUT2D eigenvalue weighted by atomic mass is 10.2. The van der Waals surface area contributed by atoms with E-state index >= 15 is 0 Å². The number of halogens is 1. The van der Waals surface area contributed by atoms with Crippen LogP contribution in [0.3, 0.4) is 0 Å². The Morgan fingerprint density at radius 1 is 1.58 bits per heavy atom. The smallest absolute Gasteiger partial charge is 0.283 e. The molecule has 2 rings (SSSR count). The molecule has 0 bridgehead atoms. The van der Waals surface area contributed by atoms with E-state index in [0.29, 0.717) is 11.0 Å². The fourth-order valence-corrected chi connectivity index (χ4v) is 2.68. The second kappa shape index (κ2) is 6.23. The largest absolute Gasteiger partial charge is 0.304 e. The van der Waals surface area contributed by atoms with Crippen LogP contribution in [0.25, 0.3) is 0 Å². The molecule has 5 nitrogen and oxygen atoms in total. The standard InChI is InChI=1S/C12H12BrN3O2S/c1-8(12-14-4-5-19-12)15-7-9-2-3-10(13)11(6-9)16(17)18/h2-6,8,15H,7H2,1H3. The number of nitrogens with zero attached hydrogens (tertiary/aromatic N) is 2. The molecule has 0 fully saturated rings.